The Morgan fingerprint density at radius 2 is 2.20 bits per heavy atom. The van der Waals surface area contributed by atoms with Crippen LogP contribution in [0.4, 0.5) is 4.79 Å². The summed E-state index contributed by atoms with van der Waals surface area (Å²) in [7, 11) is 0. The molecule has 0 radical (unpaired) electrons. The van der Waals surface area contributed by atoms with E-state index in [9.17, 15) is 14.4 Å². The van der Waals surface area contributed by atoms with Gasteiger partial charge in [0.05, 0.1) is 0 Å². The summed E-state index contributed by atoms with van der Waals surface area (Å²) in [5.41, 5.74) is 1.17. The second-order valence-corrected chi connectivity index (χ2v) is 3.69. The number of halogens is 1. The van der Waals surface area contributed by atoms with Crippen LogP contribution in [0.5, 0.6) is 0 Å². The summed E-state index contributed by atoms with van der Waals surface area (Å²) in [5.74, 6) is -1.38. The molecule has 0 bridgehead atoms. The third-order valence-electron chi connectivity index (χ3n) is 2.33. The molecule has 0 unspecified atom stereocenters. The molecule has 0 aromatic rings. The summed E-state index contributed by atoms with van der Waals surface area (Å²) in [6.45, 7) is 3.37. The first-order chi connectivity index (χ1) is 6.94. The molecule has 1 saturated heterocycles. The van der Waals surface area contributed by atoms with E-state index in [-0.39, 0.29) is 5.88 Å². The number of amides is 4. The molecule has 4 amide bonds. The molecule has 2 N–H and O–H groups in total. The maximum absolute atomic E-state index is 11.7. The first-order valence-corrected chi connectivity index (χ1v) is 5.00. The van der Waals surface area contributed by atoms with Gasteiger partial charge in [-0.05, 0) is 13.3 Å². The van der Waals surface area contributed by atoms with Gasteiger partial charge in [0, 0.05) is 0 Å². The lowest BCUT2D eigenvalue weighted by atomic mass is 10.00. The van der Waals surface area contributed by atoms with Gasteiger partial charge in [0.1, 0.15) is 11.4 Å². The standard InChI is InChI=1S/C8H12ClN3O3/c1-3-8(2)6(14)12(7(15)10-8)11-5(13)4-9/h3-4H2,1-2H3,(H,10,15)(H,11,13)/t8-/m1/s1. The molecule has 0 aromatic carbocycles. The summed E-state index contributed by atoms with van der Waals surface area (Å²) < 4.78 is 0. The van der Waals surface area contributed by atoms with E-state index in [2.05, 4.69) is 10.7 Å². The van der Waals surface area contributed by atoms with Gasteiger partial charge in [0.2, 0.25) is 0 Å². The van der Waals surface area contributed by atoms with Gasteiger partial charge in [0.15, 0.2) is 0 Å². The molecule has 7 heteroatoms. The molecule has 0 aliphatic carbocycles. The SMILES string of the molecule is CC[C@@]1(C)NC(=O)N(NC(=O)CCl)C1=O. The molecule has 0 aromatic heterocycles. The van der Waals surface area contributed by atoms with Crippen LogP contribution in [0.25, 0.3) is 0 Å². The fourth-order valence-corrected chi connectivity index (χ4v) is 1.24. The third kappa shape index (κ3) is 2.04. The Balaban J connectivity index is 2.80. The number of hydrazine groups is 1. The minimum atomic E-state index is -0.948. The first kappa shape index (κ1) is 11.8. The van der Waals surface area contributed by atoms with Crippen molar-refractivity contribution in [2.45, 2.75) is 25.8 Å². The predicted molar refractivity (Wildman–Crippen MR) is 52.9 cm³/mol. The molecule has 0 saturated carbocycles. The molecule has 1 rings (SSSR count). The lowest BCUT2D eigenvalue weighted by Gasteiger charge is -2.18. The van der Waals surface area contributed by atoms with E-state index in [0.717, 1.165) is 0 Å². The van der Waals surface area contributed by atoms with E-state index >= 15 is 0 Å². The number of alkyl halides is 1. The zero-order valence-electron chi connectivity index (χ0n) is 8.46. The highest BCUT2D eigenvalue weighted by atomic mass is 35.5. The van der Waals surface area contributed by atoms with Crippen LogP contribution < -0.4 is 10.7 Å². The van der Waals surface area contributed by atoms with Crippen molar-refractivity contribution in [3.63, 3.8) is 0 Å². The maximum Gasteiger partial charge on any atom is 0.344 e. The summed E-state index contributed by atoms with van der Waals surface area (Å²) in [6.07, 6.45) is 0.449. The normalized spacial score (nSPS) is 25.4. The van der Waals surface area contributed by atoms with Crippen molar-refractivity contribution in [1.29, 1.82) is 0 Å². The number of carbonyl (C=O) groups excluding carboxylic acids is 3. The van der Waals surface area contributed by atoms with Crippen molar-refractivity contribution in [2.75, 3.05) is 5.88 Å². The van der Waals surface area contributed by atoms with Gasteiger partial charge in [-0.15, -0.1) is 11.6 Å². The van der Waals surface area contributed by atoms with Crippen LogP contribution in [-0.2, 0) is 9.59 Å². The smallest absolute Gasteiger partial charge is 0.322 e. The van der Waals surface area contributed by atoms with Crippen LogP contribution in [0.3, 0.4) is 0 Å². The highest BCUT2D eigenvalue weighted by molar-refractivity contribution is 6.27. The number of hydrogen-bond acceptors (Lipinski definition) is 3. The number of nitrogens with zero attached hydrogens (tertiary/aromatic N) is 1. The Morgan fingerprint density at radius 1 is 1.60 bits per heavy atom. The van der Waals surface area contributed by atoms with Crippen molar-refractivity contribution in [3.05, 3.63) is 0 Å². The topological polar surface area (TPSA) is 78.5 Å². The molecule has 84 valence electrons. The van der Waals surface area contributed by atoms with Gasteiger partial charge in [-0.1, -0.05) is 6.92 Å². The lowest BCUT2D eigenvalue weighted by Crippen LogP contribution is -2.48. The lowest BCUT2D eigenvalue weighted by molar-refractivity contribution is -0.137. The highest BCUT2D eigenvalue weighted by Crippen LogP contribution is 2.18. The highest BCUT2D eigenvalue weighted by Gasteiger charge is 2.47. The van der Waals surface area contributed by atoms with Crippen LogP contribution in [0.15, 0.2) is 0 Å². The minimum absolute atomic E-state index is 0.306. The van der Waals surface area contributed by atoms with Gasteiger partial charge in [-0.3, -0.25) is 15.0 Å². The first-order valence-electron chi connectivity index (χ1n) is 4.46. The number of rotatable bonds is 3. The van der Waals surface area contributed by atoms with Crippen LogP contribution in [0.1, 0.15) is 20.3 Å². The number of hydrogen-bond donors (Lipinski definition) is 2. The van der Waals surface area contributed by atoms with Crippen LogP contribution in [0, 0.1) is 0 Å². The van der Waals surface area contributed by atoms with Gasteiger partial charge < -0.3 is 5.32 Å². The average Bonchev–Trinajstić information content (AvgIpc) is 2.42. The van der Waals surface area contributed by atoms with Gasteiger partial charge in [0.25, 0.3) is 11.8 Å². The minimum Gasteiger partial charge on any atom is -0.322 e. The Labute approximate surface area is 91.9 Å². The van der Waals surface area contributed by atoms with Crippen molar-refractivity contribution < 1.29 is 14.4 Å². The largest absolute Gasteiger partial charge is 0.344 e. The zero-order chi connectivity index (χ0) is 11.6. The number of imide groups is 1. The van der Waals surface area contributed by atoms with Gasteiger partial charge in [-0.25, -0.2) is 4.79 Å². The molecular formula is C8H12ClN3O3. The maximum atomic E-state index is 11.7. The Hall–Kier alpha value is -1.30. The van der Waals surface area contributed by atoms with E-state index < -0.39 is 23.4 Å². The van der Waals surface area contributed by atoms with E-state index in [0.29, 0.717) is 11.4 Å². The third-order valence-corrected chi connectivity index (χ3v) is 2.57. The van der Waals surface area contributed by atoms with Crippen molar-refractivity contribution >= 4 is 29.4 Å². The van der Waals surface area contributed by atoms with E-state index in [1.165, 1.54) is 0 Å². The van der Waals surface area contributed by atoms with Crippen LogP contribution in [0.2, 0.25) is 0 Å². The molecule has 1 aliphatic heterocycles. The van der Waals surface area contributed by atoms with Crippen molar-refractivity contribution in [1.82, 2.24) is 15.8 Å². The van der Waals surface area contributed by atoms with Crippen LogP contribution in [-0.4, -0.2) is 34.3 Å². The zero-order valence-corrected chi connectivity index (χ0v) is 9.22. The van der Waals surface area contributed by atoms with E-state index in [4.69, 9.17) is 11.6 Å². The van der Waals surface area contributed by atoms with E-state index in [1.807, 2.05) is 0 Å². The molecule has 6 nitrogen and oxygen atoms in total. The number of urea groups is 1. The fraction of sp³-hybridized carbons (Fsp3) is 0.625. The van der Waals surface area contributed by atoms with Crippen molar-refractivity contribution in [3.8, 4) is 0 Å². The molecule has 1 atom stereocenters. The average molecular weight is 234 g/mol. The number of nitrogens with one attached hydrogen (secondary N) is 2. The second-order valence-electron chi connectivity index (χ2n) is 3.42. The molecular weight excluding hydrogens is 222 g/mol. The van der Waals surface area contributed by atoms with E-state index in [1.54, 1.807) is 13.8 Å². The molecule has 0 spiro atoms. The van der Waals surface area contributed by atoms with Gasteiger partial charge >= 0.3 is 6.03 Å². The molecule has 1 heterocycles. The Morgan fingerprint density at radius 3 is 2.60 bits per heavy atom. The predicted octanol–water partition coefficient (Wildman–Crippen LogP) is -0.0231. The molecule has 1 fully saturated rings. The quantitative estimate of drug-likeness (QED) is 0.531. The van der Waals surface area contributed by atoms with Gasteiger partial charge in [-0.2, -0.15) is 5.01 Å². The fourth-order valence-electron chi connectivity index (χ4n) is 1.18. The number of carbonyl (C=O) groups is 3. The summed E-state index contributed by atoms with van der Waals surface area (Å²) in [5, 5.41) is 3.15. The summed E-state index contributed by atoms with van der Waals surface area (Å²) >= 11 is 5.25. The van der Waals surface area contributed by atoms with Crippen molar-refractivity contribution in [2.24, 2.45) is 0 Å². The molecule has 15 heavy (non-hydrogen) atoms. The second kappa shape index (κ2) is 4.06. The van der Waals surface area contributed by atoms with Crippen LogP contribution >= 0.6 is 11.6 Å². The Bertz CT molecular complexity index is 320. The Kier molecular flexibility index (Phi) is 3.18. The molecule has 1 aliphatic rings. The monoisotopic (exact) mass is 233 g/mol. The summed E-state index contributed by atoms with van der Waals surface area (Å²) in [6, 6.07) is -0.636. The summed E-state index contributed by atoms with van der Waals surface area (Å²) in [4.78, 5) is 34.0.